The average molecular weight is 526 g/mol. The number of piperidine rings is 1. The van der Waals surface area contributed by atoms with Gasteiger partial charge in [0, 0.05) is 18.4 Å². The Balaban J connectivity index is 1.47. The topological polar surface area (TPSA) is 71.5 Å². The number of hydrogen-bond acceptors (Lipinski definition) is 5. The number of sulfone groups is 2. The van der Waals surface area contributed by atoms with E-state index in [0.717, 1.165) is 50.0 Å². The van der Waals surface area contributed by atoms with Crippen LogP contribution in [0.5, 0.6) is 0 Å². The summed E-state index contributed by atoms with van der Waals surface area (Å²) < 4.78 is 48.3. The maximum Gasteiger partial charge on any atom is 0.175 e. The summed E-state index contributed by atoms with van der Waals surface area (Å²) in [6, 6.07) is 23.2. The highest BCUT2D eigenvalue weighted by Crippen LogP contribution is 2.33. The monoisotopic (exact) mass is 525 g/mol. The molecule has 1 heterocycles. The van der Waals surface area contributed by atoms with Crippen molar-refractivity contribution >= 4 is 19.7 Å². The summed E-state index contributed by atoms with van der Waals surface area (Å²) in [4.78, 5) is 3.22. The molecule has 7 heteroatoms. The molecule has 1 saturated heterocycles. The van der Waals surface area contributed by atoms with E-state index in [9.17, 15) is 16.8 Å². The Kier molecular flexibility index (Phi) is 8.03. The molecule has 1 fully saturated rings. The van der Waals surface area contributed by atoms with Crippen molar-refractivity contribution in [3.05, 3.63) is 95.1 Å². The standard InChI is InChI=1S/C29H35NO4S2/c1-22-7-4-9-25(19-22)29(26-10-6-12-28(21-26)36(3,33)34)15-18-30-16-13-23(14-17-30)24-8-5-11-27(20-24)35(2,31)32/h4-12,19-21,23,29H,13-18H2,1-3H3. The normalized spacial score (nSPS) is 16.6. The van der Waals surface area contributed by atoms with Gasteiger partial charge in [-0.05, 0) is 92.7 Å². The number of aryl methyl sites for hydroxylation is 1. The molecule has 0 N–H and O–H groups in total. The van der Waals surface area contributed by atoms with Crippen LogP contribution in [0.4, 0.5) is 0 Å². The Morgan fingerprint density at radius 2 is 1.33 bits per heavy atom. The molecule has 1 aliphatic rings. The fourth-order valence-corrected chi connectivity index (χ4v) is 6.53. The van der Waals surface area contributed by atoms with Gasteiger partial charge in [-0.2, -0.15) is 0 Å². The second-order valence-corrected chi connectivity index (χ2v) is 14.1. The van der Waals surface area contributed by atoms with E-state index in [1.807, 2.05) is 36.4 Å². The summed E-state index contributed by atoms with van der Waals surface area (Å²) >= 11 is 0. The second-order valence-electron chi connectivity index (χ2n) is 10.1. The molecule has 0 spiro atoms. The van der Waals surface area contributed by atoms with Gasteiger partial charge in [-0.25, -0.2) is 16.8 Å². The zero-order chi connectivity index (χ0) is 25.9. The Labute approximate surface area is 216 Å². The molecule has 1 unspecified atom stereocenters. The molecule has 0 amide bonds. The van der Waals surface area contributed by atoms with Gasteiger partial charge in [0.1, 0.15) is 0 Å². The summed E-state index contributed by atoms with van der Waals surface area (Å²) in [7, 11) is -6.49. The molecular formula is C29H35NO4S2. The van der Waals surface area contributed by atoms with E-state index in [-0.39, 0.29) is 5.92 Å². The maximum absolute atomic E-state index is 12.2. The van der Waals surface area contributed by atoms with Crippen LogP contribution in [-0.2, 0) is 19.7 Å². The fourth-order valence-electron chi connectivity index (χ4n) is 5.18. The van der Waals surface area contributed by atoms with Crippen LogP contribution < -0.4 is 0 Å². The van der Waals surface area contributed by atoms with E-state index in [1.165, 1.54) is 23.6 Å². The van der Waals surface area contributed by atoms with Gasteiger partial charge in [-0.1, -0.05) is 54.1 Å². The third kappa shape index (κ3) is 6.64. The first-order valence-electron chi connectivity index (χ1n) is 12.4. The number of likely N-dealkylation sites (tertiary alicyclic amines) is 1. The van der Waals surface area contributed by atoms with Crippen LogP contribution in [0.3, 0.4) is 0 Å². The number of rotatable bonds is 8. The van der Waals surface area contributed by atoms with Crippen LogP contribution in [0.1, 0.15) is 53.4 Å². The smallest absolute Gasteiger partial charge is 0.175 e. The van der Waals surface area contributed by atoms with E-state index in [0.29, 0.717) is 15.7 Å². The lowest BCUT2D eigenvalue weighted by atomic mass is 9.86. The summed E-state index contributed by atoms with van der Waals surface area (Å²) in [5, 5.41) is 0. The van der Waals surface area contributed by atoms with Crippen molar-refractivity contribution in [2.45, 2.75) is 47.8 Å². The van der Waals surface area contributed by atoms with Crippen LogP contribution in [0, 0.1) is 6.92 Å². The third-order valence-corrected chi connectivity index (χ3v) is 9.43. The molecule has 0 bridgehead atoms. The average Bonchev–Trinajstić information content (AvgIpc) is 2.84. The summed E-state index contributed by atoms with van der Waals surface area (Å²) in [6.07, 6.45) is 5.39. The zero-order valence-corrected chi connectivity index (χ0v) is 22.9. The first-order valence-corrected chi connectivity index (χ1v) is 16.2. The Morgan fingerprint density at radius 3 is 1.94 bits per heavy atom. The van der Waals surface area contributed by atoms with Gasteiger partial charge >= 0.3 is 0 Å². The molecule has 1 aliphatic heterocycles. The van der Waals surface area contributed by atoms with Crippen LogP contribution in [0.15, 0.2) is 82.6 Å². The van der Waals surface area contributed by atoms with Crippen molar-refractivity contribution in [3.8, 4) is 0 Å². The van der Waals surface area contributed by atoms with Crippen LogP contribution in [0.25, 0.3) is 0 Å². The van der Waals surface area contributed by atoms with Crippen LogP contribution in [0.2, 0.25) is 0 Å². The molecule has 4 rings (SSSR count). The largest absolute Gasteiger partial charge is 0.303 e. The second kappa shape index (κ2) is 10.9. The molecular weight excluding hydrogens is 490 g/mol. The molecule has 5 nitrogen and oxygen atoms in total. The maximum atomic E-state index is 12.2. The van der Waals surface area contributed by atoms with Gasteiger partial charge in [0.2, 0.25) is 0 Å². The van der Waals surface area contributed by atoms with Crippen LogP contribution >= 0.6 is 0 Å². The minimum absolute atomic E-state index is 0.107. The molecule has 0 saturated carbocycles. The van der Waals surface area contributed by atoms with E-state index in [2.05, 4.69) is 36.1 Å². The fraction of sp³-hybridized carbons (Fsp3) is 0.379. The first kappa shape index (κ1) is 26.6. The quantitative estimate of drug-likeness (QED) is 0.404. The molecule has 1 atom stereocenters. The Hall–Kier alpha value is -2.48. The molecule has 192 valence electrons. The van der Waals surface area contributed by atoms with Gasteiger partial charge in [-0.3, -0.25) is 0 Å². The van der Waals surface area contributed by atoms with Gasteiger partial charge in [0.25, 0.3) is 0 Å². The summed E-state index contributed by atoms with van der Waals surface area (Å²) in [5.74, 6) is 0.470. The van der Waals surface area contributed by atoms with Gasteiger partial charge in [-0.15, -0.1) is 0 Å². The molecule has 0 radical (unpaired) electrons. The highest BCUT2D eigenvalue weighted by Gasteiger charge is 2.24. The molecule has 0 aliphatic carbocycles. The Morgan fingerprint density at radius 1 is 0.778 bits per heavy atom. The van der Waals surface area contributed by atoms with Gasteiger partial charge in [0.05, 0.1) is 9.79 Å². The van der Waals surface area contributed by atoms with E-state index in [1.54, 1.807) is 12.1 Å². The minimum atomic E-state index is -3.28. The molecule has 0 aromatic heterocycles. The lowest BCUT2D eigenvalue weighted by Crippen LogP contribution is -2.34. The van der Waals surface area contributed by atoms with Crippen molar-refractivity contribution in [2.75, 3.05) is 32.1 Å². The van der Waals surface area contributed by atoms with Crippen molar-refractivity contribution in [1.82, 2.24) is 4.90 Å². The van der Waals surface area contributed by atoms with E-state index in [4.69, 9.17) is 0 Å². The van der Waals surface area contributed by atoms with Crippen molar-refractivity contribution in [2.24, 2.45) is 0 Å². The van der Waals surface area contributed by atoms with E-state index >= 15 is 0 Å². The first-order chi connectivity index (χ1) is 17.0. The minimum Gasteiger partial charge on any atom is -0.303 e. The zero-order valence-electron chi connectivity index (χ0n) is 21.2. The van der Waals surface area contributed by atoms with Gasteiger partial charge in [0.15, 0.2) is 19.7 Å². The van der Waals surface area contributed by atoms with E-state index < -0.39 is 19.7 Å². The highest BCUT2D eigenvalue weighted by atomic mass is 32.2. The number of benzene rings is 3. The van der Waals surface area contributed by atoms with Crippen LogP contribution in [-0.4, -0.2) is 53.9 Å². The SMILES string of the molecule is Cc1cccc(C(CCN2CCC(c3cccc(S(C)(=O)=O)c3)CC2)c2cccc(S(C)(=O)=O)c2)c1. The highest BCUT2D eigenvalue weighted by molar-refractivity contribution is 7.91. The third-order valence-electron chi connectivity index (χ3n) is 7.21. The van der Waals surface area contributed by atoms with Crippen molar-refractivity contribution in [3.63, 3.8) is 0 Å². The Bertz CT molecular complexity index is 1420. The predicted octanol–water partition coefficient (Wildman–Crippen LogP) is 5.20. The van der Waals surface area contributed by atoms with Crippen molar-refractivity contribution < 1.29 is 16.8 Å². The lowest BCUT2D eigenvalue weighted by Gasteiger charge is -2.33. The molecule has 3 aromatic carbocycles. The predicted molar refractivity (Wildman–Crippen MR) is 145 cm³/mol. The number of nitrogens with zero attached hydrogens (tertiary/aromatic N) is 1. The molecule has 36 heavy (non-hydrogen) atoms. The number of hydrogen-bond donors (Lipinski definition) is 0. The van der Waals surface area contributed by atoms with Gasteiger partial charge < -0.3 is 4.90 Å². The summed E-state index contributed by atoms with van der Waals surface area (Å²) in [6.45, 7) is 4.91. The lowest BCUT2D eigenvalue weighted by molar-refractivity contribution is 0.207. The molecule has 3 aromatic rings. The van der Waals surface area contributed by atoms with Crippen molar-refractivity contribution in [1.29, 1.82) is 0 Å². The summed E-state index contributed by atoms with van der Waals surface area (Å²) in [5.41, 5.74) is 4.52.